The van der Waals surface area contributed by atoms with Crippen LogP contribution in [-0.4, -0.2) is 21.7 Å². The zero-order valence-electron chi connectivity index (χ0n) is 10.2. The molecule has 5 heteroatoms. The van der Waals surface area contributed by atoms with Crippen LogP contribution in [0.5, 0.6) is 0 Å². The van der Waals surface area contributed by atoms with Crippen molar-refractivity contribution in [2.24, 2.45) is 0 Å². The molecule has 1 fully saturated rings. The highest BCUT2D eigenvalue weighted by atomic mass is 32.2. The van der Waals surface area contributed by atoms with Gasteiger partial charge in [-0.25, -0.2) is 0 Å². The number of furan rings is 1. The third-order valence-corrected chi connectivity index (χ3v) is 3.71. The van der Waals surface area contributed by atoms with E-state index < -0.39 is 0 Å². The number of amides is 1. The zero-order chi connectivity index (χ0) is 13.3. The van der Waals surface area contributed by atoms with Gasteiger partial charge in [-0.05, 0) is 26.0 Å². The highest BCUT2D eigenvalue weighted by Gasteiger charge is 2.31. The number of aryl methyl sites for hydroxylation is 1. The van der Waals surface area contributed by atoms with Crippen molar-refractivity contribution in [3.8, 4) is 0 Å². The number of rotatable bonds is 3. The Balaban J connectivity index is 2.22. The molecule has 1 aliphatic heterocycles. The van der Waals surface area contributed by atoms with Gasteiger partial charge in [0.25, 0.3) is 5.91 Å². The Bertz CT molecular complexity index is 557. The average Bonchev–Trinajstić information content (AvgIpc) is 2.78. The molecule has 0 N–H and O–H groups in total. The van der Waals surface area contributed by atoms with E-state index in [1.165, 1.54) is 11.8 Å². The van der Waals surface area contributed by atoms with Crippen LogP contribution in [0.15, 0.2) is 33.6 Å². The summed E-state index contributed by atoms with van der Waals surface area (Å²) in [6, 6.07) is 3.70. The van der Waals surface area contributed by atoms with Crippen LogP contribution in [0.25, 0.3) is 6.08 Å². The molecule has 0 atom stereocenters. The number of hydrogen-bond donors (Lipinski definition) is 0. The van der Waals surface area contributed by atoms with Crippen molar-refractivity contribution < 1.29 is 9.21 Å². The summed E-state index contributed by atoms with van der Waals surface area (Å²) in [4.78, 5) is 14.3. The molecule has 1 aliphatic rings. The molecule has 18 heavy (non-hydrogen) atoms. The van der Waals surface area contributed by atoms with E-state index in [1.807, 2.05) is 26.0 Å². The van der Waals surface area contributed by atoms with Gasteiger partial charge < -0.3 is 4.42 Å². The number of nitrogens with zero attached hydrogens (tertiary/aromatic N) is 1. The SMILES string of the molecule is C=C(C)CN1C(=O)/C(=C\c2ccc(C)o2)SC1=S. The van der Waals surface area contributed by atoms with Crippen molar-refractivity contribution in [2.45, 2.75) is 13.8 Å². The summed E-state index contributed by atoms with van der Waals surface area (Å²) in [6.07, 6.45) is 1.73. The fourth-order valence-corrected chi connectivity index (χ4v) is 2.80. The summed E-state index contributed by atoms with van der Waals surface area (Å²) in [6.45, 7) is 8.01. The predicted octanol–water partition coefficient (Wildman–Crippen LogP) is 3.37. The van der Waals surface area contributed by atoms with Crippen LogP contribution in [0.2, 0.25) is 0 Å². The first-order chi connectivity index (χ1) is 8.47. The minimum Gasteiger partial charge on any atom is -0.462 e. The average molecular weight is 279 g/mol. The van der Waals surface area contributed by atoms with Gasteiger partial charge in [-0.1, -0.05) is 36.1 Å². The van der Waals surface area contributed by atoms with Gasteiger partial charge in [0.15, 0.2) is 0 Å². The third-order valence-electron chi connectivity index (χ3n) is 2.34. The van der Waals surface area contributed by atoms with Crippen molar-refractivity contribution in [2.75, 3.05) is 6.54 Å². The molecular weight excluding hydrogens is 266 g/mol. The molecule has 2 heterocycles. The highest BCUT2D eigenvalue weighted by Crippen LogP contribution is 2.33. The van der Waals surface area contributed by atoms with E-state index >= 15 is 0 Å². The zero-order valence-corrected chi connectivity index (χ0v) is 11.9. The standard InChI is InChI=1S/C13H13NO2S2/c1-8(2)7-14-12(15)11(18-13(14)17)6-10-5-4-9(3)16-10/h4-6H,1,7H2,2-3H3/b11-6+. The quantitative estimate of drug-likeness (QED) is 0.482. The monoisotopic (exact) mass is 279 g/mol. The second kappa shape index (κ2) is 5.12. The van der Waals surface area contributed by atoms with Gasteiger partial charge in [0.2, 0.25) is 0 Å². The molecule has 0 aromatic carbocycles. The molecule has 2 rings (SSSR count). The van der Waals surface area contributed by atoms with E-state index in [0.717, 1.165) is 11.3 Å². The van der Waals surface area contributed by atoms with Crippen molar-refractivity contribution in [3.05, 3.63) is 40.7 Å². The Morgan fingerprint density at radius 2 is 2.33 bits per heavy atom. The fourth-order valence-electron chi connectivity index (χ4n) is 1.57. The molecule has 0 unspecified atom stereocenters. The molecular formula is C13H13NO2S2. The first-order valence-electron chi connectivity index (χ1n) is 5.43. The molecule has 1 saturated heterocycles. The maximum Gasteiger partial charge on any atom is 0.266 e. The van der Waals surface area contributed by atoms with E-state index in [-0.39, 0.29) is 5.91 Å². The summed E-state index contributed by atoms with van der Waals surface area (Å²) in [5.41, 5.74) is 0.904. The Morgan fingerprint density at radius 1 is 1.61 bits per heavy atom. The summed E-state index contributed by atoms with van der Waals surface area (Å²) >= 11 is 6.49. The molecule has 3 nitrogen and oxygen atoms in total. The molecule has 94 valence electrons. The number of thioether (sulfide) groups is 1. The molecule has 1 amide bonds. The van der Waals surface area contributed by atoms with Gasteiger partial charge in [0.05, 0.1) is 4.91 Å². The van der Waals surface area contributed by atoms with Crippen molar-refractivity contribution >= 4 is 40.3 Å². The Hall–Kier alpha value is -1.33. The lowest BCUT2D eigenvalue weighted by atomic mass is 10.3. The van der Waals surface area contributed by atoms with Gasteiger partial charge in [-0.15, -0.1) is 0 Å². The predicted molar refractivity (Wildman–Crippen MR) is 78.1 cm³/mol. The lowest BCUT2D eigenvalue weighted by molar-refractivity contribution is -0.121. The normalized spacial score (nSPS) is 17.9. The second-order valence-corrected chi connectivity index (χ2v) is 5.85. The van der Waals surface area contributed by atoms with Gasteiger partial charge >= 0.3 is 0 Å². The fraction of sp³-hybridized carbons (Fsp3) is 0.231. The van der Waals surface area contributed by atoms with E-state index in [1.54, 1.807) is 11.0 Å². The summed E-state index contributed by atoms with van der Waals surface area (Å²) in [5.74, 6) is 1.41. The molecule has 0 bridgehead atoms. The minimum atomic E-state index is -0.0814. The van der Waals surface area contributed by atoms with Gasteiger partial charge in [-0.3, -0.25) is 9.69 Å². The van der Waals surface area contributed by atoms with Gasteiger partial charge in [0, 0.05) is 12.6 Å². The van der Waals surface area contributed by atoms with Gasteiger partial charge in [-0.2, -0.15) is 0 Å². The number of hydrogen-bond acceptors (Lipinski definition) is 4. The third kappa shape index (κ3) is 2.73. The van der Waals surface area contributed by atoms with Crippen LogP contribution in [0.1, 0.15) is 18.4 Å². The highest BCUT2D eigenvalue weighted by molar-refractivity contribution is 8.26. The maximum absolute atomic E-state index is 12.1. The lowest BCUT2D eigenvalue weighted by Crippen LogP contribution is -2.29. The van der Waals surface area contributed by atoms with E-state index in [9.17, 15) is 4.79 Å². The van der Waals surface area contributed by atoms with E-state index in [4.69, 9.17) is 16.6 Å². The molecule has 0 spiro atoms. The summed E-state index contributed by atoms with van der Waals surface area (Å²) in [5, 5.41) is 0. The first kappa shape index (κ1) is 13.1. The Kier molecular flexibility index (Phi) is 3.73. The van der Waals surface area contributed by atoms with Crippen LogP contribution in [0, 0.1) is 6.92 Å². The number of thiocarbonyl (C=S) groups is 1. The van der Waals surface area contributed by atoms with Crippen LogP contribution in [0.3, 0.4) is 0 Å². The van der Waals surface area contributed by atoms with Crippen molar-refractivity contribution in [1.82, 2.24) is 4.90 Å². The number of carbonyl (C=O) groups is 1. The Morgan fingerprint density at radius 3 is 2.89 bits per heavy atom. The minimum absolute atomic E-state index is 0.0814. The molecule has 0 aliphatic carbocycles. The molecule has 0 radical (unpaired) electrons. The largest absolute Gasteiger partial charge is 0.462 e. The molecule has 0 saturated carbocycles. The smallest absolute Gasteiger partial charge is 0.266 e. The molecule has 1 aromatic rings. The van der Waals surface area contributed by atoms with Crippen LogP contribution < -0.4 is 0 Å². The van der Waals surface area contributed by atoms with Crippen molar-refractivity contribution in [3.63, 3.8) is 0 Å². The Labute approximate surface area is 116 Å². The van der Waals surface area contributed by atoms with E-state index in [2.05, 4.69) is 6.58 Å². The number of carbonyl (C=O) groups excluding carboxylic acids is 1. The van der Waals surface area contributed by atoms with Gasteiger partial charge in [0.1, 0.15) is 15.8 Å². The van der Waals surface area contributed by atoms with Crippen LogP contribution in [-0.2, 0) is 4.79 Å². The summed E-state index contributed by atoms with van der Waals surface area (Å²) < 4.78 is 5.99. The lowest BCUT2D eigenvalue weighted by Gasteiger charge is -2.13. The maximum atomic E-state index is 12.1. The van der Waals surface area contributed by atoms with Crippen LogP contribution in [0.4, 0.5) is 0 Å². The second-order valence-electron chi connectivity index (χ2n) is 4.17. The van der Waals surface area contributed by atoms with E-state index in [0.29, 0.717) is 21.5 Å². The topological polar surface area (TPSA) is 33.5 Å². The first-order valence-corrected chi connectivity index (χ1v) is 6.66. The van der Waals surface area contributed by atoms with Crippen LogP contribution >= 0.6 is 24.0 Å². The van der Waals surface area contributed by atoms with Crippen molar-refractivity contribution in [1.29, 1.82) is 0 Å². The molecule has 1 aromatic heterocycles. The summed E-state index contributed by atoms with van der Waals surface area (Å²) in [7, 11) is 0.